The Kier molecular flexibility index (Phi) is 5.16. The predicted molar refractivity (Wildman–Crippen MR) is 92.4 cm³/mol. The van der Waals surface area contributed by atoms with Gasteiger partial charge in [-0.15, -0.1) is 0 Å². The summed E-state index contributed by atoms with van der Waals surface area (Å²) in [5.41, 5.74) is 0.458. The van der Waals surface area contributed by atoms with E-state index in [9.17, 15) is 14.3 Å². The molecule has 5 heteroatoms. The second-order valence-corrected chi connectivity index (χ2v) is 6.61. The normalized spacial score (nSPS) is 23.2. The third-order valence-electron chi connectivity index (χ3n) is 4.94. The summed E-state index contributed by atoms with van der Waals surface area (Å²) < 4.78 is 13.7. The number of aliphatic hydroxyl groups excluding tert-OH is 1. The Balaban J connectivity index is 1.60. The van der Waals surface area contributed by atoms with Crippen LogP contribution in [0.15, 0.2) is 48.5 Å². The second kappa shape index (κ2) is 7.33. The summed E-state index contributed by atoms with van der Waals surface area (Å²) in [7, 11) is 0. The fourth-order valence-electron chi connectivity index (χ4n) is 3.36. The van der Waals surface area contributed by atoms with Crippen molar-refractivity contribution in [2.75, 3.05) is 0 Å². The summed E-state index contributed by atoms with van der Waals surface area (Å²) in [4.78, 5) is 12.3. The van der Waals surface area contributed by atoms with Gasteiger partial charge in [-0.1, -0.05) is 36.4 Å². The Morgan fingerprint density at radius 3 is 2.44 bits per heavy atom. The largest absolute Gasteiger partial charge is 0.392 e. The number of benzene rings is 2. The Morgan fingerprint density at radius 1 is 1.16 bits per heavy atom. The highest BCUT2D eigenvalue weighted by atomic mass is 19.1. The van der Waals surface area contributed by atoms with E-state index in [0.29, 0.717) is 25.7 Å². The zero-order chi connectivity index (χ0) is 17.9. The quantitative estimate of drug-likeness (QED) is 0.799. The van der Waals surface area contributed by atoms with Gasteiger partial charge in [0.25, 0.3) is 5.91 Å². The van der Waals surface area contributed by atoms with Crippen molar-refractivity contribution in [3.63, 3.8) is 0 Å². The van der Waals surface area contributed by atoms with Crippen LogP contribution in [-0.2, 0) is 12.2 Å². The first-order chi connectivity index (χ1) is 12.0. The number of halogens is 1. The molecule has 4 nitrogen and oxygen atoms in total. The third kappa shape index (κ3) is 3.89. The van der Waals surface area contributed by atoms with E-state index in [-0.39, 0.29) is 23.1 Å². The monoisotopic (exact) mass is 343 g/mol. The lowest BCUT2D eigenvalue weighted by Gasteiger charge is -2.36. The lowest BCUT2D eigenvalue weighted by atomic mass is 9.77. The lowest BCUT2D eigenvalue weighted by molar-refractivity contribution is -0.00803. The van der Waals surface area contributed by atoms with E-state index in [2.05, 4.69) is 5.32 Å². The van der Waals surface area contributed by atoms with Crippen molar-refractivity contribution in [3.8, 4) is 0 Å². The molecule has 0 atom stereocenters. The van der Waals surface area contributed by atoms with Gasteiger partial charge < -0.3 is 15.5 Å². The smallest absolute Gasteiger partial charge is 0.251 e. The Bertz CT molecular complexity index is 740. The highest BCUT2D eigenvalue weighted by molar-refractivity contribution is 5.94. The van der Waals surface area contributed by atoms with Crippen LogP contribution in [-0.4, -0.2) is 22.2 Å². The average Bonchev–Trinajstić information content (AvgIpc) is 2.64. The fourth-order valence-corrected chi connectivity index (χ4v) is 3.36. The minimum Gasteiger partial charge on any atom is -0.392 e. The molecule has 1 aliphatic rings. The van der Waals surface area contributed by atoms with Crippen molar-refractivity contribution >= 4 is 5.91 Å². The van der Waals surface area contributed by atoms with Gasteiger partial charge >= 0.3 is 0 Å². The fraction of sp³-hybridized carbons (Fsp3) is 0.350. The molecule has 3 N–H and O–H groups in total. The molecule has 0 spiro atoms. The van der Waals surface area contributed by atoms with Gasteiger partial charge in [-0.3, -0.25) is 4.79 Å². The molecule has 2 aromatic rings. The molecule has 1 saturated carbocycles. The molecule has 2 aromatic carbocycles. The predicted octanol–water partition coefficient (Wildman–Crippen LogP) is 2.88. The SMILES string of the molecule is O=C(NC1CCC(O)(c2ccccc2)CC1)c1ccc(CO)c(F)c1. The first kappa shape index (κ1) is 17.6. The molecule has 1 amide bonds. The number of carbonyl (C=O) groups is 1. The van der Waals surface area contributed by atoms with Crippen LogP contribution in [0.1, 0.15) is 47.2 Å². The second-order valence-electron chi connectivity index (χ2n) is 6.61. The van der Waals surface area contributed by atoms with Gasteiger partial charge in [-0.2, -0.15) is 0 Å². The average molecular weight is 343 g/mol. The van der Waals surface area contributed by atoms with E-state index in [1.165, 1.54) is 12.1 Å². The summed E-state index contributed by atoms with van der Waals surface area (Å²) in [5.74, 6) is -0.921. The molecular weight excluding hydrogens is 321 g/mol. The molecule has 1 aliphatic carbocycles. The van der Waals surface area contributed by atoms with Crippen LogP contribution >= 0.6 is 0 Å². The van der Waals surface area contributed by atoms with E-state index in [1.54, 1.807) is 0 Å². The molecule has 0 aliphatic heterocycles. The van der Waals surface area contributed by atoms with Crippen molar-refractivity contribution in [2.45, 2.75) is 43.9 Å². The van der Waals surface area contributed by atoms with Crippen LogP contribution in [0, 0.1) is 5.82 Å². The summed E-state index contributed by atoms with van der Waals surface area (Å²) in [5, 5.41) is 22.7. The Morgan fingerprint density at radius 2 is 1.84 bits per heavy atom. The van der Waals surface area contributed by atoms with Gasteiger partial charge in [0.15, 0.2) is 0 Å². The zero-order valence-corrected chi connectivity index (χ0v) is 13.9. The molecule has 25 heavy (non-hydrogen) atoms. The number of hydrogen-bond donors (Lipinski definition) is 3. The zero-order valence-electron chi connectivity index (χ0n) is 13.9. The van der Waals surface area contributed by atoms with E-state index in [0.717, 1.165) is 11.6 Å². The molecular formula is C20H22FNO3. The van der Waals surface area contributed by atoms with Crippen LogP contribution in [0.4, 0.5) is 4.39 Å². The van der Waals surface area contributed by atoms with E-state index in [1.807, 2.05) is 30.3 Å². The first-order valence-electron chi connectivity index (χ1n) is 8.50. The summed E-state index contributed by atoms with van der Waals surface area (Å²) >= 11 is 0. The molecule has 0 radical (unpaired) electrons. The van der Waals surface area contributed by atoms with E-state index in [4.69, 9.17) is 5.11 Å². The van der Waals surface area contributed by atoms with Crippen molar-refractivity contribution in [1.29, 1.82) is 0 Å². The van der Waals surface area contributed by atoms with E-state index < -0.39 is 18.0 Å². The first-order valence-corrected chi connectivity index (χ1v) is 8.50. The third-order valence-corrected chi connectivity index (χ3v) is 4.94. The van der Waals surface area contributed by atoms with Gasteiger partial charge in [0.2, 0.25) is 0 Å². The minimum absolute atomic E-state index is 0.0444. The van der Waals surface area contributed by atoms with Gasteiger partial charge in [0.1, 0.15) is 5.82 Å². The van der Waals surface area contributed by atoms with E-state index >= 15 is 0 Å². The molecule has 3 rings (SSSR count). The van der Waals surface area contributed by atoms with Crippen molar-refractivity contribution in [2.24, 2.45) is 0 Å². The Labute approximate surface area is 146 Å². The molecule has 0 unspecified atom stereocenters. The lowest BCUT2D eigenvalue weighted by Crippen LogP contribution is -2.42. The van der Waals surface area contributed by atoms with Gasteiger partial charge in [-0.25, -0.2) is 4.39 Å². The van der Waals surface area contributed by atoms with Gasteiger partial charge in [0, 0.05) is 17.2 Å². The molecule has 0 saturated heterocycles. The maximum absolute atomic E-state index is 13.7. The van der Waals surface area contributed by atoms with Gasteiger partial charge in [-0.05, 0) is 43.4 Å². The number of hydrogen-bond acceptors (Lipinski definition) is 3. The number of nitrogens with one attached hydrogen (secondary N) is 1. The van der Waals surface area contributed by atoms with Crippen LogP contribution in [0.3, 0.4) is 0 Å². The van der Waals surface area contributed by atoms with Crippen molar-refractivity contribution in [3.05, 3.63) is 71.0 Å². The van der Waals surface area contributed by atoms with Crippen molar-refractivity contribution < 1.29 is 19.4 Å². The summed E-state index contributed by atoms with van der Waals surface area (Å²) in [6.07, 6.45) is 2.46. The number of carbonyl (C=O) groups excluding carboxylic acids is 1. The van der Waals surface area contributed by atoms with Crippen LogP contribution in [0.25, 0.3) is 0 Å². The standard InChI is InChI=1S/C20H22FNO3/c21-18-12-14(6-7-15(18)13-23)19(24)22-17-8-10-20(25,11-9-17)16-4-2-1-3-5-16/h1-7,12,17,23,25H,8-11,13H2,(H,22,24). The molecule has 1 fully saturated rings. The highest BCUT2D eigenvalue weighted by Crippen LogP contribution is 2.37. The summed E-state index contributed by atoms with van der Waals surface area (Å²) in [6, 6.07) is 13.6. The molecule has 132 valence electrons. The van der Waals surface area contributed by atoms with Crippen LogP contribution in [0.2, 0.25) is 0 Å². The maximum atomic E-state index is 13.7. The maximum Gasteiger partial charge on any atom is 0.251 e. The topological polar surface area (TPSA) is 69.6 Å². The molecule has 0 heterocycles. The molecule has 0 bridgehead atoms. The van der Waals surface area contributed by atoms with Crippen LogP contribution < -0.4 is 5.32 Å². The van der Waals surface area contributed by atoms with Gasteiger partial charge in [0.05, 0.1) is 12.2 Å². The van der Waals surface area contributed by atoms with Crippen molar-refractivity contribution in [1.82, 2.24) is 5.32 Å². The number of amides is 1. The summed E-state index contributed by atoms with van der Waals surface area (Å²) in [6.45, 7) is -0.394. The molecule has 0 aromatic heterocycles. The highest BCUT2D eigenvalue weighted by Gasteiger charge is 2.35. The minimum atomic E-state index is -0.850. The number of rotatable bonds is 4. The number of aliphatic hydroxyl groups is 2. The Hall–Kier alpha value is -2.24. The van der Waals surface area contributed by atoms with Crippen LogP contribution in [0.5, 0.6) is 0 Å².